The Labute approximate surface area is 100 Å². The van der Waals surface area contributed by atoms with Gasteiger partial charge in [0, 0.05) is 0 Å². The Bertz CT molecular complexity index is 405. The Balaban J connectivity index is 3.17. The van der Waals surface area contributed by atoms with E-state index >= 15 is 0 Å². The minimum Gasteiger partial charge on any atom is -0.481 e. The van der Waals surface area contributed by atoms with Gasteiger partial charge in [-0.3, -0.25) is 19.2 Å². The van der Waals surface area contributed by atoms with Gasteiger partial charge in [-0.1, -0.05) is 0 Å². The summed E-state index contributed by atoms with van der Waals surface area (Å²) in [6.07, 6.45) is -0.431. The zero-order valence-electron chi connectivity index (χ0n) is 8.98. The normalized spacial score (nSPS) is 30.7. The molecule has 0 heterocycles. The average Bonchev–Trinajstić information content (AvgIpc) is 2.68. The van der Waals surface area contributed by atoms with Crippen LogP contribution in [0, 0.1) is 23.7 Å². The van der Waals surface area contributed by atoms with Gasteiger partial charge < -0.3 is 20.2 Å². The second kappa shape index (κ2) is 5.00. The van der Waals surface area contributed by atoms with Crippen LogP contribution in [-0.2, 0) is 24.0 Å². The van der Waals surface area contributed by atoms with E-state index in [1.165, 1.54) is 0 Å². The molecular formula is C9H11NO8. The van der Waals surface area contributed by atoms with Gasteiger partial charge in [-0.2, -0.15) is 5.90 Å². The molecule has 0 aromatic carbocycles. The van der Waals surface area contributed by atoms with Crippen LogP contribution in [0.3, 0.4) is 0 Å². The zero-order chi connectivity index (χ0) is 14.0. The lowest BCUT2D eigenvalue weighted by Gasteiger charge is -2.16. The van der Waals surface area contributed by atoms with Gasteiger partial charge in [-0.15, -0.1) is 0 Å². The molecule has 0 aromatic rings. The summed E-state index contributed by atoms with van der Waals surface area (Å²) >= 11 is 0. The van der Waals surface area contributed by atoms with Gasteiger partial charge in [-0.05, 0) is 6.42 Å². The van der Waals surface area contributed by atoms with Crippen LogP contribution in [0.4, 0.5) is 0 Å². The van der Waals surface area contributed by atoms with Gasteiger partial charge in [0.05, 0.1) is 23.7 Å². The lowest BCUT2D eigenvalue weighted by molar-refractivity contribution is -0.162. The quantitative estimate of drug-likeness (QED) is 0.442. The van der Waals surface area contributed by atoms with Gasteiger partial charge >= 0.3 is 23.9 Å². The molecule has 9 heteroatoms. The predicted molar refractivity (Wildman–Crippen MR) is 51.8 cm³/mol. The number of carbonyl (C=O) groups is 4. The molecule has 0 saturated heterocycles. The predicted octanol–water partition coefficient (Wildman–Crippen LogP) is -1.47. The third kappa shape index (κ3) is 2.25. The lowest BCUT2D eigenvalue weighted by atomic mass is 9.87. The van der Waals surface area contributed by atoms with E-state index in [4.69, 9.17) is 15.3 Å². The monoisotopic (exact) mass is 261 g/mol. The molecule has 1 fully saturated rings. The maximum atomic E-state index is 11.3. The molecule has 4 unspecified atom stereocenters. The Kier molecular flexibility index (Phi) is 3.86. The van der Waals surface area contributed by atoms with E-state index in [0.717, 1.165) is 0 Å². The van der Waals surface area contributed by atoms with Crippen molar-refractivity contribution < 1.29 is 39.3 Å². The SMILES string of the molecule is NOC(=O)C1CC(C(=O)O)C(C(=O)O)C1C(=O)O. The molecule has 0 aromatic heterocycles. The number of carbonyl (C=O) groups excluding carboxylic acids is 1. The highest BCUT2D eigenvalue weighted by Crippen LogP contribution is 2.42. The van der Waals surface area contributed by atoms with E-state index in [2.05, 4.69) is 10.7 Å². The summed E-state index contributed by atoms with van der Waals surface area (Å²) in [5, 5.41) is 26.7. The lowest BCUT2D eigenvalue weighted by Crippen LogP contribution is -2.36. The van der Waals surface area contributed by atoms with Gasteiger partial charge in [-0.25, -0.2) is 0 Å². The van der Waals surface area contributed by atoms with Gasteiger partial charge in [0.15, 0.2) is 0 Å². The molecule has 1 rings (SSSR count). The van der Waals surface area contributed by atoms with E-state index < -0.39 is 54.0 Å². The Hall–Kier alpha value is -2.16. The van der Waals surface area contributed by atoms with Crippen LogP contribution in [0.25, 0.3) is 0 Å². The van der Waals surface area contributed by atoms with E-state index in [1.54, 1.807) is 0 Å². The van der Waals surface area contributed by atoms with Crippen molar-refractivity contribution in [3.63, 3.8) is 0 Å². The molecule has 0 bridgehead atoms. The number of hydrogen-bond acceptors (Lipinski definition) is 6. The molecule has 1 aliphatic rings. The number of aliphatic carboxylic acids is 3. The minimum absolute atomic E-state index is 0.431. The van der Waals surface area contributed by atoms with Crippen LogP contribution in [0.5, 0.6) is 0 Å². The smallest absolute Gasteiger partial charge is 0.328 e. The summed E-state index contributed by atoms with van der Waals surface area (Å²) in [4.78, 5) is 48.0. The fraction of sp³-hybridized carbons (Fsp3) is 0.556. The highest BCUT2D eigenvalue weighted by Gasteiger charge is 2.56. The first-order valence-corrected chi connectivity index (χ1v) is 4.90. The van der Waals surface area contributed by atoms with Crippen molar-refractivity contribution in [3.8, 4) is 0 Å². The second-order valence-electron chi connectivity index (χ2n) is 3.95. The number of rotatable bonds is 4. The minimum atomic E-state index is -1.69. The van der Waals surface area contributed by atoms with Crippen molar-refractivity contribution >= 4 is 23.9 Å². The largest absolute Gasteiger partial charge is 0.481 e. The van der Waals surface area contributed by atoms with E-state index in [1.807, 2.05) is 0 Å². The van der Waals surface area contributed by atoms with Crippen molar-refractivity contribution in [1.82, 2.24) is 0 Å². The molecule has 4 atom stereocenters. The first-order chi connectivity index (χ1) is 8.31. The molecule has 0 spiro atoms. The molecule has 0 aliphatic heterocycles. The van der Waals surface area contributed by atoms with Crippen LogP contribution < -0.4 is 5.90 Å². The number of carboxylic acid groups (broad SMARTS) is 3. The molecule has 0 amide bonds. The average molecular weight is 261 g/mol. The third-order valence-corrected chi connectivity index (χ3v) is 3.07. The standard InChI is InChI=1S/C9H11NO8/c10-18-9(17)3-1-2(6(11)12)4(7(13)14)5(3)8(15)16/h2-5H,1,10H2,(H,11,12)(H,13,14)(H,15,16). The van der Waals surface area contributed by atoms with Gasteiger partial charge in [0.2, 0.25) is 0 Å². The van der Waals surface area contributed by atoms with Crippen molar-refractivity contribution in [2.24, 2.45) is 29.6 Å². The van der Waals surface area contributed by atoms with Crippen molar-refractivity contribution in [2.45, 2.75) is 6.42 Å². The Morgan fingerprint density at radius 2 is 1.33 bits per heavy atom. The summed E-state index contributed by atoms with van der Waals surface area (Å²) in [7, 11) is 0. The second-order valence-corrected chi connectivity index (χ2v) is 3.95. The van der Waals surface area contributed by atoms with E-state index in [-0.39, 0.29) is 0 Å². The molecule has 100 valence electrons. The zero-order valence-corrected chi connectivity index (χ0v) is 8.98. The third-order valence-electron chi connectivity index (χ3n) is 3.07. The summed E-state index contributed by atoms with van der Waals surface area (Å²) in [5.74, 6) is -7.33. The van der Waals surface area contributed by atoms with Crippen molar-refractivity contribution in [1.29, 1.82) is 0 Å². The van der Waals surface area contributed by atoms with Crippen molar-refractivity contribution in [3.05, 3.63) is 0 Å². The first kappa shape index (κ1) is 13.9. The summed E-state index contributed by atoms with van der Waals surface area (Å²) in [6.45, 7) is 0. The van der Waals surface area contributed by atoms with Gasteiger partial charge in [0.25, 0.3) is 0 Å². The van der Waals surface area contributed by atoms with Crippen LogP contribution in [-0.4, -0.2) is 39.2 Å². The Morgan fingerprint density at radius 1 is 0.889 bits per heavy atom. The molecule has 1 aliphatic carbocycles. The topological polar surface area (TPSA) is 164 Å². The maximum Gasteiger partial charge on any atom is 0.328 e. The van der Waals surface area contributed by atoms with Crippen LogP contribution in [0.1, 0.15) is 6.42 Å². The summed E-state index contributed by atoms with van der Waals surface area (Å²) < 4.78 is 0. The Morgan fingerprint density at radius 3 is 1.67 bits per heavy atom. The highest BCUT2D eigenvalue weighted by atomic mass is 16.7. The van der Waals surface area contributed by atoms with Crippen LogP contribution >= 0.6 is 0 Å². The highest BCUT2D eigenvalue weighted by molar-refractivity contribution is 5.91. The summed E-state index contributed by atoms with van der Waals surface area (Å²) in [5.41, 5.74) is 0. The van der Waals surface area contributed by atoms with Gasteiger partial charge in [0.1, 0.15) is 0 Å². The molecule has 1 saturated carbocycles. The number of hydrogen-bond donors (Lipinski definition) is 4. The fourth-order valence-corrected chi connectivity index (χ4v) is 2.30. The number of carboxylic acids is 3. The van der Waals surface area contributed by atoms with Crippen LogP contribution in [0.2, 0.25) is 0 Å². The fourth-order valence-electron chi connectivity index (χ4n) is 2.30. The molecule has 0 radical (unpaired) electrons. The van der Waals surface area contributed by atoms with Crippen LogP contribution in [0.15, 0.2) is 0 Å². The maximum absolute atomic E-state index is 11.3. The van der Waals surface area contributed by atoms with E-state index in [0.29, 0.717) is 0 Å². The van der Waals surface area contributed by atoms with Crippen molar-refractivity contribution in [2.75, 3.05) is 0 Å². The molecular weight excluding hydrogens is 250 g/mol. The first-order valence-electron chi connectivity index (χ1n) is 4.90. The molecule has 5 N–H and O–H groups in total. The van der Waals surface area contributed by atoms with E-state index in [9.17, 15) is 19.2 Å². The summed E-state index contributed by atoms with van der Waals surface area (Å²) in [6, 6.07) is 0. The molecule has 18 heavy (non-hydrogen) atoms. The molecule has 9 nitrogen and oxygen atoms in total. The number of nitrogens with two attached hydrogens (primary N) is 1.